The van der Waals surface area contributed by atoms with Crippen molar-refractivity contribution in [3.8, 4) is 11.3 Å². The molecule has 1 unspecified atom stereocenters. The van der Waals surface area contributed by atoms with Gasteiger partial charge in [-0.1, -0.05) is 0 Å². The van der Waals surface area contributed by atoms with Crippen LogP contribution in [0.1, 0.15) is 76.9 Å². The van der Waals surface area contributed by atoms with Crippen molar-refractivity contribution in [3.63, 3.8) is 0 Å². The molecular formula is C29H27FN6O4. The van der Waals surface area contributed by atoms with Crippen molar-refractivity contribution < 1.29 is 23.6 Å². The quantitative estimate of drug-likeness (QED) is 0.438. The zero-order chi connectivity index (χ0) is 27.5. The predicted molar refractivity (Wildman–Crippen MR) is 141 cm³/mol. The van der Waals surface area contributed by atoms with Crippen LogP contribution in [0.25, 0.3) is 11.3 Å². The Morgan fingerprint density at radius 2 is 1.77 bits per heavy atom. The number of nitrogens with zero attached hydrogens (tertiary/aromatic N) is 4. The van der Waals surface area contributed by atoms with Gasteiger partial charge in [-0.15, -0.1) is 0 Å². The Morgan fingerprint density at radius 1 is 0.975 bits per heavy atom. The number of carbonyl (C=O) groups is 4. The van der Waals surface area contributed by atoms with Gasteiger partial charge in [0, 0.05) is 36.3 Å². The van der Waals surface area contributed by atoms with E-state index < -0.39 is 29.7 Å². The summed E-state index contributed by atoms with van der Waals surface area (Å²) in [5.74, 6) is -1.54. The average Bonchev–Trinajstić information content (AvgIpc) is 3.63. The van der Waals surface area contributed by atoms with Crippen LogP contribution in [-0.4, -0.2) is 55.9 Å². The molecule has 4 aliphatic rings. The van der Waals surface area contributed by atoms with Crippen LogP contribution in [0, 0.1) is 11.7 Å². The molecule has 204 valence electrons. The number of hydrogen-bond donors (Lipinski definition) is 2. The Balaban J connectivity index is 0.986. The molecule has 40 heavy (non-hydrogen) atoms. The first-order valence-corrected chi connectivity index (χ1v) is 13.7. The van der Waals surface area contributed by atoms with Gasteiger partial charge in [0.05, 0.1) is 34.8 Å². The topological polar surface area (TPSA) is 126 Å². The third kappa shape index (κ3) is 4.25. The molecule has 7 rings (SSSR count). The van der Waals surface area contributed by atoms with Gasteiger partial charge >= 0.3 is 0 Å². The Kier molecular flexibility index (Phi) is 5.76. The normalized spacial score (nSPS) is 24.1. The van der Waals surface area contributed by atoms with Gasteiger partial charge in [0.15, 0.2) is 0 Å². The molecule has 2 aliphatic carbocycles. The number of aromatic nitrogens is 3. The van der Waals surface area contributed by atoms with Crippen LogP contribution < -0.4 is 10.6 Å². The lowest BCUT2D eigenvalue weighted by Crippen LogP contribution is -2.54. The maximum Gasteiger partial charge on any atom is 0.262 e. The molecule has 0 bridgehead atoms. The zero-order valence-electron chi connectivity index (χ0n) is 21.6. The smallest absolute Gasteiger partial charge is 0.262 e. The van der Waals surface area contributed by atoms with E-state index in [1.165, 1.54) is 12.3 Å². The second-order valence-electron chi connectivity index (χ2n) is 11.1. The van der Waals surface area contributed by atoms with Gasteiger partial charge in [0.1, 0.15) is 11.9 Å². The third-order valence-electron chi connectivity index (χ3n) is 8.35. The second kappa shape index (κ2) is 9.35. The second-order valence-corrected chi connectivity index (χ2v) is 11.1. The Labute approximate surface area is 228 Å². The molecule has 3 aromatic rings. The lowest BCUT2D eigenvalue weighted by Gasteiger charge is -2.35. The van der Waals surface area contributed by atoms with Gasteiger partial charge in [-0.25, -0.2) is 4.39 Å². The van der Waals surface area contributed by atoms with Crippen LogP contribution in [0.4, 0.5) is 10.1 Å². The minimum Gasteiger partial charge on any atom is -0.385 e. The number of pyridine rings is 1. The Morgan fingerprint density at radius 3 is 2.50 bits per heavy atom. The van der Waals surface area contributed by atoms with E-state index in [0.29, 0.717) is 18.4 Å². The molecule has 10 nitrogen and oxygen atoms in total. The van der Waals surface area contributed by atoms with Crippen LogP contribution in [0.15, 0.2) is 42.7 Å². The number of rotatable bonds is 7. The summed E-state index contributed by atoms with van der Waals surface area (Å²) < 4.78 is 15.4. The van der Waals surface area contributed by atoms with E-state index in [1.807, 2.05) is 10.9 Å². The SMILES string of the molecule is O=C1CCC(N2C(=O)c3ccc(NCC4CC(n5cc(-c6ccc(F)cn6)c(C6CC6)n5)C4)cc3C2=O)C(=O)N1. The van der Waals surface area contributed by atoms with Gasteiger partial charge in [-0.05, 0) is 68.4 Å². The monoisotopic (exact) mass is 542 g/mol. The summed E-state index contributed by atoms with van der Waals surface area (Å²) in [6.45, 7) is 0.706. The number of nitrogens with one attached hydrogen (secondary N) is 2. The lowest BCUT2D eigenvalue weighted by atomic mass is 9.80. The van der Waals surface area contributed by atoms with Crippen molar-refractivity contribution in [2.45, 2.75) is 56.5 Å². The molecule has 1 saturated heterocycles. The van der Waals surface area contributed by atoms with E-state index in [1.54, 1.807) is 24.3 Å². The minimum atomic E-state index is -0.976. The molecule has 2 aromatic heterocycles. The number of anilines is 1. The highest BCUT2D eigenvalue weighted by Crippen LogP contribution is 2.45. The van der Waals surface area contributed by atoms with Crippen LogP contribution in [-0.2, 0) is 9.59 Å². The molecule has 11 heteroatoms. The predicted octanol–water partition coefficient (Wildman–Crippen LogP) is 3.43. The van der Waals surface area contributed by atoms with E-state index in [9.17, 15) is 23.6 Å². The maximum atomic E-state index is 13.4. The summed E-state index contributed by atoms with van der Waals surface area (Å²) in [5, 5.41) is 10.5. The molecule has 0 radical (unpaired) electrons. The highest BCUT2D eigenvalue weighted by Gasteiger charge is 2.44. The van der Waals surface area contributed by atoms with Crippen LogP contribution in [0.2, 0.25) is 0 Å². The molecule has 1 atom stereocenters. The molecule has 0 spiro atoms. The van der Waals surface area contributed by atoms with E-state index in [0.717, 1.165) is 53.2 Å². The van der Waals surface area contributed by atoms with E-state index in [2.05, 4.69) is 15.6 Å². The number of benzene rings is 1. The fourth-order valence-electron chi connectivity index (χ4n) is 5.91. The molecule has 4 amide bonds. The summed E-state index contributed by atoms with van der Waals surface area (Å²) in [6, 6.07) is 7.48. The van der Waals surface area contributed by atoms with Crippen molar-refractivity contribution in [2.24, 2.45) is 5.92 Å². The Bertz CT molecular complexity index is 1560. The van der Waals surface area contributed by atoms with Crippen LogP contribution in [0.3, 0.4) is 0 Å². The fraction of sp³-hybridized carbons (Fsp3) is 0.379. The number of amides is 4. The van der Waals surface area contributed by atoms with Gasteiger partial charge < -0.3 is 5.32 Å². The minimum absolute atomic E-state index is 0.0872. The summed E-state index contributed by atoms with van der Waals surface area (Å²) in [6.07, 6.45) is 7.61. The van der Waals surface area contributed by atoms with Gasteiger partial charge in [-0.2, -0.15) is 5.10 Å². The number of fused-ring (bicyclic) bond motifs is 1. The summed E-state index contributed by atoms with van der Waals surface area (Å²) in [4.78, 5) is 55.0. The number of imide groups is 2. The first kappa shape index (κ1) is 24.6. The molecule has 1 aromatic carbocycles. The van der Waals surface area contributed by atoms with E-state index in [-0.39, 0.29) is 35.8 Å². The largest absolute Gasteiger partial charge is 0.385 e. The van der Waals surface area contributed by atoms with Crippen molar-refractivity contribution in [1.29, 1.82) is 0 Å². The van der Waals surface area contributed by atoms with Crippen molar-refractivity contribution >= 4 is 29.3 Å². The number of carbonyl (C=O) groups excluding carboxylic acids is 4. The third-order valence-corrected chi connectivity index (χ3v) is 8.35. The van der Waals surface area contributed by atoms with Gasteiger partial charge in [-0.3, -0.25) is 39.1 Å². The van der Waals surface area contributed by atoms with Crippen LogP contribution in [0.5, 0.6) is 0 Å². The highest BCUT2D eigenvalue weighted by atomic mass is 19.1. The molecule has 2 N–H and O–H groups in total. The molecule has 2 saturated carbocycles. The van der Waals surface area contributed by atoms with Crippen molar-refractivity contribution in [3.05, 3.63) is 65.4 Å². The molecule has 4 heterocycles. The number of hydrogen-bond acceptors (Lipinski definition) is 7. The Hall–Kier alpha value is -4.41. The first-order valence-electron chi connectivity index (χ1n) is 13.7. The summed E-state index contributed by atoms with van der Waals surface area (Å²) >= 11 is 0. The van der Waals surface area contributed by atoms with Crippen molar-refractivity contribution in [2.75, 3.05) is 11.9 Å². The number of piperidine rings is 1. The zero-order valence-corrected chi connectivity index (χ0v) is 21.6. The summed E-state index contributed by atoms with van der Waals surface area (Å²) in [5.41, 5.74) is 4.02. The molecule has 2 aliphatic heterocycles. The van der Waals surface area contributed by atoms with Crippen molar-refractivity contribution in [1.82, 2.24) is 25.0 Å². The van der Waals surface area contributed by atoms with Gasteiger partial charge in [0.2, 0.25) is 11.8 Å². The van der Waals surface area contributed by atoms with E-state index in [4.69, 9.17) is 5.10 Å². The van der Waals surface area contributed by atoms with Crippen LogP contribution >= 0.6 is 0 Å². The first-order chi connectivity index (χ1) is 19.4. The maximum absolute atomic E-state index is 13.4. The van der Waals surface area contributed by atoms with E-state index >= 15 is 0 Å². The molecular weight excluding hydrogens is 515 g/mol. The standard InChI is InChI=1S/C29H27FN6O4/c30-17-3-6-23(32-13-17)22-14-35(34-26(22)16-1-2-16)19-9-15(10-19)12-31-18-4-5-20-21(11-18)29(40)36(28(20)39)24-7-8-25(37)33-27(24)38/h3-6,11,13-16,19,24,31H,1-2,7-10,12H2,(H,33,37,38). The average molecular weight is 543 g/mol. The lowest BCUT2D eigenvalue weighted by molar-refractivity contribution is -0.136. The molecule has 3 fully saturated rings. The van der Waals surface area contributed by atoms with Gasteiger partial charge in [0.25, 0.3) is 11.8 Å². The highest BCUT2D eigenvalue weighted by molar-refractivity contribution is 6.23. The fourth-order valence-corrected chi connectivity index (χ4v) is 5.91. The number of halogens is 1. The summed E-state index contributed by atoms with van der Waals surface area (Å²) in [7, 11) is 0.